The SMILES string of the molecule is CCCCSc1ccc2c(c1)CCc1ccccc1N(C(C)=O)C2. The van der Waals surface area contributed by atoms with Crippen LogP contribution >= 0.6 is 11.8 Å². The average molecular weight is 340 g/mol. The topological polar surface area (TPSA) is 20.3 Å². The lowest BCUT2D eigenvalue weighted by Crippen LogP contribution is -2.30. The summed E-state index contributed by atoms with van der Waals surface area (Å²) in [4.78, 5) is 15.5. The van der Waals surface area contributed by atoms with Crippen LogP contribution in [0.3, 0.4) is 0 Å². The zero-order chi connectivity index (χ0) is 16.9. The van der Waals surface area contributed by atoms with Crippen molar-refractivity contribution in [3.8, 4) is 0 Å². The normalized spacial score (nSPS) is 13.7. The molecular formula is C21H25NOS. The van der Waals surface area contributed by atoms with Crippen molar-refractivity contribution in [2.24, 2.45) is 0 Å². The van der Waals surface area contributed by atoms with Gasteiger partial charge in [-0.05, 0) is 59.9 Å². The fourth-order valence-electron chi connectivity index (χ4n) is 3.20. The second-order valence-electron chi connectivity index (χ2n) is 6.37. The average Bonchev–Trinajstić information content (AvgIpc) is 2.57. The Balaban J connectivity index is 1.89. The summed E-state index contributed by atoms with van der Waals surface area (Å²) in [7, 11) is 0. The zero-order valence-corrected chi connectivity index (χ0v) is 15.4. The number of amides is 1. The second-order valence-corrected chi connectivity index (χ2v) is 7.53. The number of fused-ring (bicyclic) bond motifs is 2. The van der Waals surface area contributed by atoms with Gasteiger partial charge >= 0.3 is 0 Å². The second kappa shape index (κ2) is 7.89. The van der Waals surface area contributed by atoms with Gasteiger partial charge in [0.25, 0.3) is 0 Å². The number of rotatable bonds is 4. The smallest absolute Gasteiger partial charge is 0.224 e. The Morgan fingerprint density at radius 3 is 2.67 bits per heavy atom. The molecule has 0 N–H and O–H groups in total. The standard InChI is InChI=1S/C21H25NOS/c1-3-4-13-24-20-12-11-19-15-22(16(2)23)21-8-6-5-7-17(21)9-10-18(19)14-20/h5-8,11-12,14H,3-4,9-10,13,15H2,1-2H3. The third-order valence-electron chi connectivity index (χ3n) is 4.60. The maximum Gasteiger partial charge on any atom is 0.224 e. The highest BCUT2D eigenvalue weighted by Gasteiger charge is 2.20. The van der Waals surface area contributed by atoms with Crippen LogP contribution in [0.2, 0.25) is 0 Å². The molecule has 1 heterocycles. The Morgan fingerprint density at radius 1 is 1.08 bits per heavy atom. The first-order valence-electron chi connectivity index (χ1n) is 8.79. The predicted octanol–water partition coefficient (Wildman–Crippen LogP) is 5.23. The van der Waals surface area contributed by atoms with Gasteiger partial charge in [0.05, 0.1) is 6.54 Å². The van der Waals surface area contributed by atoms with Gasteiger partial charge in [-0.1, -0.05) is 37.6 Å². The molecular weight excluding hydrogens is 314 g/mol. The van der Waals surface area contributed by atoms with Crippen LogP contribution in [0.5, 0.6) is 0 Å². The maximum atomic E-state index is 12.2. The van der Waals surface area contributed by atoms with Crippen molar-refractivity contribution in [3.63, 3.8) is 0 Å². The third kappa shape index (κ3) is 3.84. The highest BCUT2D eigenvalue weighted by atomic mass is 32.2. The summed E-state index contributed by atoms with van der Waals surface area (Å²) >= 11 is 1.94. The van der Waals surface area contributed by atoms with Gasteiger partial charge in [0.1, 0.15) is 0 Å². The van der Waals surface area contributed by atoms with Gasteiger partial charge in [0.15, 0.2) is 0 Å². The van der Waals surface area contributed by atoms with Crippen LogP contribution in [0.1, 0.15) is 43.4 Å². The molecule has 0 unspecified atom stereocenters. The van der Waals surface area contributed by atoms with E-state index in [1.54, 1.807) is 6.92 Å². The van der Waals surface area contributed by atoms with Gasteiger partial charge in [-0.2, -0.15) is 0 Å². The van der Waals surface area contributed by atoms with Crippen LogP contribution in [0, 0.1) is 0 Å². The fraction of sp³-hybridized carbons (Fsp3) is 0.381. The number of hydrogen-bond donors (Lipinski definition) is 0. The fourth-order valence-corrected chi connectivity index (χ4v) is 4.26. The van der Waals surface area contributed by atoms with Gasteiger partial charge in [-0.3, -0.25) is 4.79 Å². The van der Waals surface area contributed by atoms with Crippen molar-refractivity contribution >= 4 is 23.4 Å². The van der Waals surface area contributed by atoms with E-state index in [1.165, 1.54) is 40.2 Å². The molecule has 2 nitrogen and oxygen atoms in total. The minimum atomic E-state index is 0.108. The zero-order valence-electron chi connectivity index (χ0n) is 14.5. The summed E-state index contributed by atoms with van der Waals surface area (Å²) in [5, 5.41) is 0. The number of carbonyl (C=O) groups excluding carboxylic acids is 1. The number of carbonyl (C=O) groups is 1. The summed E-state index contributed by atoms with van der Waals surface area (Å²) in [6.07, 6.45) is 4.52. The first-order valence-corrected chi connectivity index (χ1v) is 9.78. The predicted molar refractivity (Wildman–Crippen MR) is 103 cm³/mol. The van der Waals surface area contributed by atoms with E-state index >= 15 is 0 Å². The molecule has 3 heteroatoms. The summed E-state index contributed by atoms with van der Waals surface area (Å²) in [5.74, 6) is 1.29. The van der Waals surface area contributed by atoms with Crippen LogP contribution in [0.4, 0.5) is 5.69 Å². The Labute approximate surface area is 149 Å². The number of hydrogen-bond acceptors (Lipinski definition) is 2. The van der Waals surface area contributed by atoms with Crippen molar-refractivity contribution < 1.29 is 4.79 Å². The molecule has 0 saturated heterocycles. The van der Waals surface area contributed by atoms with Crippen LogP contribution in [-0.2, 0) is 24.2 Å². The Kier molecular flexibility index (Phi) is 5.62. The molecule has 1 aliphatic heterocycles. The Bertz CT molecular complexity index is 726. The monoisotopic (exact) mass is 339 g/mol. The highest BCUT2D eigenvalue weighted by molar-refractivity contribution is 7.99. The van der Waals surface area contributed by atoms with E-state index in [4.69, 9.17) is 0 Å². The quantitative estimate of drug-likeness (QED) is 0.561. The van der Waals surface area contributed by atoms with E-state index in [0.717, 1.165) is 18.5 Å². The highest BCUT2D eigenvalue weighted by Crippen LogP contribution is 2.30. The Morgan fingerprint density at radius 2 is 1.88 bits per heavy atom. The van der Waals surface area contributed by atoms with Crippen molar-refractivity contribution in [2.75, 3.05) is 10.7 Å². The van der Waals surface area contributed by atoms with Crippen molar-refractivity contribution in [1.82, 2.24) is 0 Å². The third-order valence-corrected chi connectivity index (χ3v) is 5.68. The molecule has 0 saturated carbocycles. The molecule has 0 atom stereocenters. The molecule has 1 amide bonds. The van der Waals surface area contributed by atoms with E-state index in [2.05, 4.69) is 43.3 Å². The lowest BCUT2D eigenvalue weighted by Gasteiger charge is -2.28. The van der Waals surface area contributed by atoms with Gasteiger partial charge in [-0.15, -0.1) is 11.8 Å². The van der Waals surface area contributed by atoms with Gasteiger partial charge in [0.2, 0.25) is 5.91 Å². The Hall–Kier alpha value is -1.74. The number of thioether (sulfide) groups is 1. The van der Waals surface area contributed by atoms with E-state index in [9.17, 15) is 4.79 Å². The minimum absolute atomic E-state index is 0.108. The number of aryl methyl sites for hydroxylation is 2. The number of benzene rings is 2. The molecule has 0 spiro atoms. The van der Waals surface area contributed by atoms with Crippen molar-refractivity contribution in [3.05, 3.63) is 59.2 Å². The lowest BCUT2D eigenvalue weighted by molar-refractivity contribution is -0.116. The summed E-state index contributed by atoms with van der Waals surface area (Å²) in [6.45, 7) is 4.56. The number of para-hydroxylation sites is 1. The van der Waals surface area contributed by atoms with Gasteiger partial charge in [-0.25, -0.2) is 0 Å². The molecule has 1 aliphatic rings. The number of nitrogens with zero attached hydrogens (tertiary/aromatic N) is 1. The van der Waals surface area contributed by atoms with Crippen LogP contribution in [0.25, 0.3) is 0 Å². The molecule has 126 valence electrons. The molecule has 0 fully saturated rings. The lowest BCUT2D eigenvalue weighted by atomic mass is 9.95. The summed E-state index contributed by atoms with van der Waals surface area (Å²) in [5.41, 5.74) is 5.00. The van der Waals surface area contributed by atoms with Crippen LogP contribution in [0.15, 0.2) is 47.4 Å². The first kappa shape index (κ1) is 17.1. The number of anilines is 1. The number of unbranched alkanes of at least 4 members (excludes halogenated alkanes) is 1. The molecule has 0 aliphatic carbocycles. The molecule has 0 aromatic heterocycles. The van der Waals surface area contributed by atoms with E-state index in [0.29, 0.717) is 6.54 Å². The molecule has 24 heavy (non-hydrogen) atoms. The largest absolute Gasteiger partial charge is 0.308 e. The summed E-state index contributed by atoms with van der Waals surface area (Å²) in [6, 6.07) is 15.1. The van der Waals surface area contributed by atoms with E-state index < -0.39 is 0 Å². The van der Waals surface area contributed by atoms with Crippen LogP contribution in [-0.4, -0.2) is 11.7 Å². The van der Waals surface area contributed by atoms with Crippen molar-refractivity contribution in [2.45, 2.75) is 51.0 Å². The molecule has 2 aromatic carbocycles. The maximum absolute atomic E-state index is 12.2. The van der Waals surface area contributed by atoms with E-state index in [-0.39, 0.29) is 5.91 Å². The summed E-state index contributed by atoms with van der Waals surface area (Å²) < 4.78 is 0. The minimum Gasteiger partial charge on any atom is -0.308 e. The molecule has 2 aromatic rings. The molecule has 0 bridgehead atoms. The first-order chi connectivity index (χ1) is 11.7. The van der Waals surface area contributed by atoms with E-state index in [1.807, 2.05) is 22.7 Å². The molecule has 0 radical (unpaired) electrons. The van der Waals surface area contributed by atoms with Gasteiger partial charge in [0, 0.05) is 17.5 Å². The molecule has 3 rings (SSSR count). The van der Waals surface area contributed by atoms with Crippen LogP contribution < -0.4 is 4.90 Å². The van der Waals surface area contributed by atoms with Gasteiger partial charge < -0.3 is 4.90 Å². The van der Waals surface area contributed by atoms with Crippen molar-refractivity contribution in [1.29, 1.82) is 0 Å².